The van der Waals surface area contributed by atoms with Crippen LogP contribution in [0.2, 0.25) is 0 Å². The van der Waals surface area contributed by atoms with Crippen LogP contribution in [0.25, 0.3) is 22.5 Å². The van der Waals surface area contributed by atoms with Crippen molar-refractivity contribution in [2.45, 2.75) is 78.9 Å². The van der Waals surface area contributed by atoms with Gasteiger partial charge in [0.05, 0.1) is 61.3 Å². The summed E-state index contributed by atoms with van der Waals surface area (Å²) in [5.41, 5.74) is 11.8. The molecule has 2 unspecified atom stereocenters. The monoisotopic (exact) mass is 1060 g/mol. The van der Waals surface area contributed by atoms with Gasteiger partial charge in [0.1, 0.15) is 0 Å². The summed E-state index contributed by atoms with van der Waals surface area (Å²) in [7, 11) is 0. The highest BCUT2D eigenvalue weighted by molar-refractivity contribution is 8.05. The molecule has 12 nitrogen and oxygen atoms in total. The summed E-state index contributed by atoms with van der Waals surface area (Å²) >= 11 is 7.06. The molecule has 0 aliphatic carbocycles. The van der Waals surface area contributed by atoms with Crippen molar-refractivity contribution in [2.75, 3.05) is 73.0 Å². The van der Waals surface area contributed by atoms with E-state index in [4.69, 9.17) is 9.47 Å². The van der Waals surface area contributed by atoms with Crippen LogP contribution >= 0.6 is 47.0 Å². The van der Waals surface area contributed by atoms with Crippen molar-refractivity contribution in [1.82, 2.24) is 19.9 Å². The van der Waals surface area contributed by atoms with Crippen LogP contribution < -0.4 is 31.6 Å². The SMILES string of the molecule is Cc1cccc(C(C)Nc2ccc3c(c2)Sc2cccc(-c4cc(N5CCOCC5)cc(=O)[nH]4)c2S3)n1.Cc1cccc(C(C)Nc2ccc3c(c2)Sc2cccc(-c4cc(N5CCOCC5)cc(=O)[nH]4)c2S3)n1. The summed E-state index contributed by atoms with van der Waals surface area (Å²) in [6.45, 7) is 14.2. The molecule has 376 valence electrons. The van der Waals surface area contributed by atoms with Gasteiger partial charge in [-0.3, -0.25) is 19.6 Å². The molecule has 0 bridgehead atoms. The van der Waals surface area contributed by atoms with Gasteiger partial charge in [0.2, 0.25) is 11.1 Å². The molecule has 4 aliphatic heterocycles. The van der Waals surface area contributed by atoms with E-state index in [0.717, 1.165) is 94.2 Å². The highest BCUT2D eigenvalue weighted by Gasteiger charge is 2.25. The number of rotatable bonds is 10. The number of benzene rings is 4. The second-order valence-electron chi connectivity index (χ2n) is 18.6. The third kappa shape index (κ3) is 11.3. The number of pyridine rings is 4. The van der Waals surface area contributed by atoms with Gasteiger partial charge in [-0.2, -0.15) is 0 Å². The zero-order valence-electron chi connectivity index (χ0n) is 41.6. The van der Waals surface area contributed by atoms with Crippen molar-refractivity contribution < 1.29 is 9.47 Å². The molecule has 2 saturated heterocycles. The van der Waals surface area contributed by atoms with E-state index in [1.165, 1.54) is 39.2 Å². The fourth-order valence-electron chi connectivity index (χ4n) is 9.42. The lowest BCUT2D eigenvalue weighted by Gasteiger charge is -2.29. The predicted octanol–water partition coefficient (Wildman–Crippen LogP) is 12.7. The Morgan fingerprint density at radius 3 is 1.32 bits per heavy atom. The second kappa shape index (κ2) is 22.2. The molecular formula is C58H56N8O4S4. The zero-order chi connectivity index (χ0) is 50.7. The van der Waals surface area contributed by atoms with Crippen LogP contribution in [-0.4, -0.2) is 72.5 Å². The van der Waals surface area contributed by atoms with E-state index in [1.54, 1.807) is 59.2 Å². The number of nitrogens with one attached hydrogen (secondary N) is 4. The van der Waals surface area contributed by atoms with Gasteiger partial charge in [-0.25, -0.2) is 0 Å². The minimum Gasteiger partial charge on any atom is -0.378 e. The van der Waals surface area contributed by atoms with E-state index in [1.807, 2.05) is 38.1 Å². The van der Waals surface area contributed by atoms with E-state index < -0.39 is 0 Å². The standard InChI is InChI=1S/2C29H28N4O2S2/c2*1-18-5-3-7-23(30-18)19(2)31-20-9-10-25-27(15-20)36-26-8-4-6-22(29(26)37-25)24-16-21(17-28(34)32-24)33-11-13-35-14-12-33/h2*3-10,15-17,19,31H,11-14H2,1-2H3,(H,32,34). The van der Waals surface area contributed by atoms with Gasteiger partial charge in [0.25, 0.3) is 0 Å². The Kier molecular flexibility index (Phi) is 14.9. The van der Waals surface area contributed by atoms with Crippen molar-refractivity contribution in [3.8, 4) is 22.5 Å². The fourth-order valence-corrected chi connectivity index (χ4v) is 14.2. The van der Waals surface area contributed by atoms with Gasteiger partial charge < -0.3 is 39.9 Å². The van der Waals surface area contributed by atoms with Crippen LogP contribution in [0.4, 0.5) is 22.7 Å². The first-order valence-electron chi connectivity index (χ1n) is 24.9. The number of hydrogen-bond acceptors (Lipinski definition) is 14. The lowest BCUT2D eigenvalue weighted by Crippen LogP contribution is -2.36. The number of anilines is 4. The maximum atomic E-state index is 12.6. The Morgan fingerprint density at radius 1 is 0.486 bits per heavy atom. The van der Waals surface area contributed by atoms with E-state index in [0.29, 0.717) is 26.4 Å². The molecule has 0 saturated carbocycles. The molecule has 8 aromatic rings. The van der Waals surface area contributed by atoms with E-state index in [-0.39, 0.29) is 23.2 Å². The first-order valence-corrected chi connectivity index (χ1v) is 28.1. The third-order valence-electron chi connectivity index (χ3n) is 13.2. The number of hydrogen-bond donors (Lipinski definition) is 4. The number of aryl methyl sites for hydroxylation is 2. The molecule has 16 heteroatoms. The molecule has 4 aliphatic rings. The molecule has 4 N–H and O–H groups in total. The molecule has 4 aromatic carbocycles. The summed E-state index contributed by atoms with van der Waals surface area (Å²) in [5, 5.41) is 7.20. The number of ether oxygens (including phenoxy) is 2. The minimum atomic E-state index is -0.0848. The van der Waals surface area contributed by atoms with Gasteiger partial charge in [-0.1, -0.05) is 83.4 Å². The van der Waals surface area contributed by atoms with Crippen LogP contribution in [-0.2, 0) is 9.47 Å². The first-order chi connectivity index (χ1) is 36.1. The Hall–Kier alpha value is -6.40. The number of morpholine rings is 2. The Morgan fingerprint density at radius 2 is 0.905 bits per heavy atom. The molecular weight excluding hydrogens is 1000 g/mol. The zero-order valence-corrected chi connectivity index (χ0v) is 44.8. The van der Waals surface area contributed by atoms with Gasteiger partial charge in [0, 0.05) is 123 Å². The molecule has 12 rings (SSSR count). The van der Waals surface area contributed by atoms with Crippen LogP contribution in [0.3, 0.4) is 0 Å². The molecule has 0 amide bonds. The highest BCUT2D eigenvalue weighted by Crippen LogP contribution is 2.54. The molecule has 74 heavy (non-hydrogen) atoms. The smallest absolute Gasteiger partial charge is 0.250 e. The van der Waals surface area contributed by atoms with Crippen molar-refractivity contribution in [1.29, 1.82) is 0 Å². The van der Waals surface area contributed by atoms with Crippen molar-refractivity contribution in [3.63, 3.8) is 0 Å². The summed E-state index contributed by atoms with van der Waals surface area (Å²) in [5.74, 6) is 0. The molecule has 0 radical (unpaired) electrons. The van der Waals surface area contributed by atoms with E-state index in [9.17, 15) is 9.59 Å². The molecule has 8 heterocycles. The lowest BCUT2D eigenvalue weighted by molar-refractivity contribution is 0.122. The molecule has 2 fully saturated rings. The van der Waals surface area contributed by atoms with E-state index in [2.05, 4.69) is 151 Å². The molecule has 0 spiro atoms. The average Bonchev–Trinajstić information content (AvgIpc) is 3.42. The maximum Gasteiger partial charge on any atom is 0.250 e. The van der Waals surface area contributed by atoms with Crippen LogP contribution in [0.5, 0.6) is 0 Å². The normalized spacial score (nSPS) is 15.6. The van der Waals surface area contributed by atoms with Crippen LogP contribution in [0.15, 0.2) is 182 Å². The summed E-state index contributed by atoms with van der Waals surface area (Å²) in [6, 6.07) is 45.7. The van der Waals surface area contributed by atoms with Crippen molar-refractivity contribution >= 4 is 69.8 Å². The topological polar surface area (TPSA) is 140 Å². The third-order valence-corrected chi connectivity index (χ3v) is 18.4. The summed E-state index contributed by atoms with van der Waals surface area (Å²) in [6.07, 6.45) is 0. The summed E-state index contributed by atoms with van der Waals surface area (Å²) in [4.78, 5) is 54.7. The van der Waals surface area contributed by atoms with E-state index >= 15 is 0 Å². The van der Waals surface area contributed by atoms with Crippen LogP contribution in [0, 0.1) is 13.8 Å². The number of nitrogens with zero attached hydrogens (tertiary/aromatic N) is 4. The number of H-pyrrole nitrogens is 2. The first kappa shape index (κ1) is 49.8. The van der Waals surface area contributed by atoms with Gasteiger partial charge in [-0.05, 0) is 113 Å². The Balaban J connectivity index is 0.000000159. The van der Waals surface area contributed by atoms with Gasteiger partial charge >= 0.3 is 0 Å². The predicted molar refractivity (Wildman–Crippen MR) is 302 cm³/mol. The van der Waals surface area contributed by atoms with Crippen molar-refractivity contribution in [3.05, 3.63) is 177 Å². The maximum absolute atomic E-state index is 12.6. The lowest BCUT2D eigenvalue weighted by atomic mass is 10.1. The van der Waals surface area contributed by atoms with Crippen LogP contribution in [0.1, 0.15) is 48.7 Å². The highest BCUT2D eigenvalue weighted by atomic mass is 32.2. The minimum absolute atomic E-state index is 0.0848. The average molecular weight is 1060 g/mol. The number of aromatic nitrogens is 4. The van der Waals surface area contributed by atoms with Gasteiger partial charge in [0.15, 0.2) is 0 Å². The number of aromatic amines is 2. The van der Waals surface area contributed by atoms with Gasteiger partial charge in [-0.15, -0.1) is 0 Å². The fraction of sp³-hybridized carbons (Fsp3) is 0.241. The second-order valence-corrected chi connectivity index (χ2v) is 22.8. The Labute approximate surface area is 447 Å². The number of fused-ring (bicyclic) bond motifs is 4. The quantitative estimate of drug-likeness (QED) is 0.103. The largest absolute Gasteiger partial charge is 0.378 e. The summed E-state index contributed by atoms with van der Waals surface area (Å²) < 4.78 is 11.0. The van der Waals surface area contributed by atoms with Crippen molar-refractivity contribution in [2.24, 2.45) is 0 Å². The Bertz CT molecular complexity index is 3260. The molecule has 4 aromatic heterocycles. The molecule has 2 atom stereocenters.